The van der Waals surface area contributed by atoms with Crippen molar-refractivity contribution in [2.75, 3.05) is 7.11 Å². The number of rotatable bonds is 5. The van der Waals surface area contributed by atoms with E-state index in [1.807, 2.05) is 37.3 Å². The van der Waals surface area contributed by atoms with Crippen molar-refractivity contribution in [3.63, 3.8) is 0 Å². The standard InChI is InChI=1S/C23H27NO3S/c1-16(17-6-10-20(11-7-17)23(2,3)4)24-28(25,26)22-13-9-18-14-21(27-5)12-8-19(18)15-22/h6-16,24H,1-5H3/t16-/m1/s1. The van der Waals surface area contributed by atoms with Crippen LogP contribution >= 0.6 is 0 Å². The van der Waals surface area contributed by atoms with E-state index in [0.29, 0.717) is 0 Å². The van der Waals surface area contributed by atoms with Crippen LogP contribution in [-0.4, -0.2) is 15.5 Å². The molecule has 3 aromatic carbocycles. The first-order chi connectivity index (χ1) is 13.1. The summed E-state index contributed by atoms with van der Waals surface area (Å²) in [6.07, 6.45) is 0. The van der Waals surface area contributed by atoms with Gasteiger partial charge >= 0.3 is 0 Å². The van der Waals surface area contributed by atoms with E-state index in [9.17, 15) is 8.42 Å². The molecule has 0 fully saturated rings. The van der Waals surface area contributed by atoms with Crippen molar-refractivity contribution >= 4 is 20.8 Å². The van der Waals surface area contributed by atoms with Gasteiger partial charge in [0.05, 0.1) is 12.0 Å². The van der Waals surface area contributed by atoms with Gasteiger partial charge in [-0.1, -0.05) is 57.2 Å². The Balaban J connectivity index is 1.83. The summed E-state index contributed by atoms with van der Waals surface area (Å²) in [5.41, 5.74) is 2.22. The number of benzene rings is 3. The number of ether oxygens (including phenoxy) is 1. The van der Waals surface area contributed by atoms with Gasteiger partial charge in [0.15, 0.2) is 0 Å². The first-order valence-corrected chi connectivity index (χ1v) is 10.8. The highest BCUT2D eigenvalue weighted by Crippen LogP contribution is 2.26. The molecule has 1 atom stereocenters. The van der Waals surface area contributed by atoms with E-state index in [0.717, 1.165) is 22.1 Å². The summed E-state index contributed by atoms with van der Waals surface area (Å²) in [7, 11) is -2.02. The van der Waals surface area contributed by atoms with Gasteiger partial charge in [0.2, 0.25) is 10.0 Å². The number of nitrogens with one attached hydrogen (secondary N) is 1. The van der Waals surface area contributed by atoms with Crippen LogP contribution in [0.2, 0.25) is 0 Å². The lowest BCUT2D eigenvalue weighted by Gasteiger charge is -2.21. The molecule has 0 saturated heterocycles. The van der Waals surface area contributed by atoms with Crippen LogP contribution in [0.5, 0.6) is 5.75 Å². The summed E-state index contributed by atoms with van der Waals surface area (Å²) in [5.74, 6) is 0.744. The Morgan fingerprint density at radius 2 is 1.50 bits per heavy atom. The molecule has 1 N–H and O–H groups in total. The molecule has 3 rings (SSSR count). The molecule has 3 aromatic rings. The Labute approximate surface area is 167 Å². The van der Waals surface area contributed by atoms with Gasteiger partial charge in [-0.15, -0.1) is 0 Å². The highest BCUT2D eigenvalue weighted by Gasteiger charge is 2.20. The SMILES string of the molecule is COc1ccc2cc(S(=O)(=O)N[C@H](C)c3ccc(C(C)(C)C)cc3)ccc2c1. The molecule has 0 aliphatic carbocycles. The third kappa shape index (κ3) is 4.37. The Morgan fingerprint density at radius 3 is 2.11 bits per heavy atom. The van der Waals surface area contributed by atoms with Gasteiger partial charge in [0, 0.05) is 6.04 Å². The van der Waals surface area contributed by atoms with E-state index in [1.165, 1.54) is 5.56 Å². The van der Waals surface area contributed by atoms with Gasteiger partial charge in [0.1, 0.15) is 5.75 Å². The molecule has 0 aliphatic heterocycles. The van der Waals surface area contributed by atoms with E-state index in [4.69, 9.17) is 4.74 Å². The molecule has 28 heavy (non-hydrogen) atoms. The van der Waals surface area contributed by atoms with Crippen LogP contribution in [0.25, 0.3) is 10.8 Å². The average Bonchev–Trinajstić information content (AvgIpc) is 2.66. The molecule has 148 valence electrons. The summed E-state index contributed by atoms with van der Waals surface area (Å²) in [4.78, 5) is 0.253. The fourth-order valence-electron chi connectivity index (χ4n) is 3.14. The number of methoxy groups -OCH3 is 1. The summed E-state index contributed by atoms with van der Waals surface area (Å²) in [6.45, 7) is 8.33. The number of hydrogen-bond donors (Lipinski definition) is 1. The van der Waals surface area contributed by atoms with Crippen molar-refractivity contribution in [2.24, 2.45) is 0 Å². The molecule has 0 unspecified atom stereocenters. The van der Waals surface area contributed by atoms with Crippen LogP contribution in [0.15, 0.2) is 65.6 Å². The molecule has 0 bridgehead atoms. The van der Waals surface area contributed by atoms with Gasteiger partial charge in [-0.05, 0) is 58.5 Å². The molecule has 0 amide bonds. The topological polar surface area (TPSA) is 55.4 Å². The second-order valence-corrected chi connectivity index (χ2v) is 9.80. The van der Waals surface area contributed by atoms with Crippen LogP contribution in [0, 0.1) is 0 Å². The lowest BCUT2D eigenvalue weighted by Crippen LogP contribution is -2.27. The lowest BCUT2D eigenvalue weighted by atomic mass is 9.86. The van der Waals surface area contributed by atoms with Gasteiger partial charge in [-0.3, -0.25) is 0 Å². The fourth-order valence-corrected chi connectivity index (χ4v) is 4.40. The molecule has 4 nitrogen and oxygen atoms in total. The van der Waals surface area contributed by atoms with Crippen molar-refractivity contribution in [2.45, 2.75) is 44.0 Å². The Hall–Kier alpha value is -2.37. The maximum atomic E-state index is 12.9. The van der Waals surface area contributed by atoms with Crippen molar-refractivity contribution < 1.29 is 13.2 Å². The number of hydrogen-bond acceptors (Lipinski definition) is 3. The number of fused-ring (bicyclic) bond motifs is 1. The van der Waals surface area contributed by atoms with Gasteiger partial charge in [0.25, 0.3) is 0 Å². The van der Waals surface area contributed by atoms with Crippen LogP contribution < -0.4 is 9.46 Å². The minimum Gasteiger partial charge on any atom is -0.497 e. The molecule has 0 saturated carbocycles. The zero-order valence-corrected chi connectivity index (χ0v) is 17.8. The second-order valence-electron chi connectivity index (χ2n) is 8.09. The molecular formula is C23H27NO3S. The lowest BCUT2D eigenvalue weighted by molar-refractivity contribution is 0.415. The number of sulfonamides is 1. The van der Waals surface area contributed by atoms with E-state index in [1.54, 1.807) is 25.3 Å². The van der Waals surface area contributed by atoms with Crippen molar-refractivity contribution in [1.82, 2.24) is 4.72 Å². The highest BCUT2D eigenvalue weighted by atomic mass is 32.2. The largest absolute Gasteiger partial charge is 0.497 e. The van der Waals surface area contributed by atoms with E-state index in [2.05, 4.69) is 37.6 Å². The smallest absolute Gasteiger partial charge is 0.241 e. The van der Waals surface area contributed by atoms with Gasteiger partial charge in [-0.2, -0.15) is 0 Å². The zero-order chi connectivity index (χ0) is 20.5. The van der Waals surface area contributed by atoms with E-state index >= 15 is 0 Å². The first-order valence-electron chi connectivity index (χ1n) is 9.31. The fraction of sp³-hybridized carbons (Fsp3) is 0.304. The van der Waals surface area contributed by atoms with Crippen LogP contribution in [0.3, 0.4) is 0 Å². The van der Waals surface area contributed by atoms with E-state index < -0.39 is 10.0 Å². The summed E-state index contributed by atoms with van der Waals surface area (Å²) in [5, 5.41) is 1.79. The molecule has 0 aliphatic rings. The highest BCUT2D eigenvalue weighted by molar-refractivity contribution is 7.89. The minimum absolute atomic E-state index is 0.0645. The monoisotopic (exact) mass is 397 g/mol. The van der Waals surface area contributed by atoms with Crippen molar-refractivity contribution in [3.05, 3.63) is 71.8 Å². The second kappa shape index (κ2) is 7.57. The third-order valence-electron chi connectivity index (χ3n) is 4.94. The molecule has 0 spiro atoms. The molecule has 0 aromatic heterocycles. The normalized spacial score (nSPS) is 13.5. The predicted octanol–water partition coefficient (Wildman–Crippen LogP) is 5.19. The molecule has 0 heterocycles. The summed E-state index contributed by atoms with van der Waals surface area (Å²) in [6, 6.07) is 18.5. The Morgan fingerprint density at radius 1 is 0.893 bits per heavy atom. The quantitative estimate of drug-likeness (QED) is 0.645. The van der Waals surface area contributed by atoms with Gasteiger partial charge < -0.3 is 4.74 Å². The zero-order valence-electron chi connectivity index (χ0n) is 17.0. The average molecular weight is 398 g/mol. The van der Waals surface area contributed by atoms with Crippen molar-refractivity contribution in [1.29, 1.82) is 0 Å². The maximum Gasteiger partial charge on any atom is 0.241 e. The van der Waals surface area contributed by atoms with Crippen LogP contribution in [-0.2, 0) is 15.4 Å². The van der Waals surface area contributed by atoms with Crippen LogP contribution in [0.4, 0.5) is 0 Å². The van der Waals surface area contributed by atoms with Crippen molar-refractivity contribution in [3.8, 4) is 5.75 Å². The molecular weight excluding hydrogens is 370 g/mol. The summed E-state index contributed by atoms with van der Waals surface area (Å²) >= 11 is 0. The Bertz CT molecular complexity index is 1080. The van der Waals surface area contributed by atoms with Crippen LogP contribution in [0.1, 0.15) is 44.9 Å². The predicted molar refractivity (Wildman–Crippen MR) is 114 cm³/mol. The molecule has 0 radical (unpaired) electrons. The Kier molecular flexibility index (Phi) is 5.50. The van der Waals surface area contributed by atoms with E-state index in [-0.39, 0.29) is 16.4 Å². The van der Waals surface area contributed by atoms with Gasteiger partial charge in [-0.25, -0.2) is 13.1 Å². The first kappa shape index (κ1) is 20.4. The minimum atomic E-state index is -3.63. The third-order valence-corrected chi connectivity index (χ3v) is 6.48. The maximum absolute atomic E-state index is 12.9. The summed E-state index contributed by atoms with van der Waals surface area (Å²) < 4.78 is 33.7. The molecule has 5 heteroatoms.